The van der Waals surface area contributed by atoms with Crippen LogP contribution in [0.25, 0.3) is 11.4 Å². The first-order valence-electron chi connectivity index (χ1n) is 10.7. The summed E-state index contributed by atoms with van der Waals surface area (Å²) in [4.78, 5) is 26.4. The van der Waals surface area contributed by atoms with Gasteiger partial charge >= 0.3 is 0 Å². The van der Waals surface area contributed by atoms with E-state index in [9.17, 15) is 9.18 Å². The first kappa shape index (κ1) is 21.1. The molecule has 1 amide bonds. The maximum atomic E-state index is 13.8. The third-order valence-electron chi connectivity index (χ3n) is 5.97. The van der Waals surface area contributed by atoms with E-state index in [-0.39, 0.29) is 24.6 Å². The first-order chi connectivity index (χ1) is 16.0. The fraction of sp³-hybridized carbons (Fsp3) is 0.292. The van der Waals surface area contributed by atoms with E-state index in [0.717, 1.165) is 19.5 Å². The zero-order chi connectivity index (χ0) is 22.9. The van der Waals surface area contributed by atoms with Gasteiger partial charge in [-0.05, 0) is 56.4 Å². The van der Waals surface area contributed by atoms with Crippen molar-refractivity contribution < 1.29 is 18.7 Å². The van der Waals surface area contributed by atoms with Gasteiger partial charge in [-0.2, -0.15) is 0 Å². The second kappa shape index (κ2) is 8.67. The average Bonchev–Trinajstić information content (AvgIpc) is 3.46. The lowest BCUT2D eigenvalue weighted by molar-refractivity contribution is 0.0738. The van der Waals surface area contributed by atoms with E-state index in [1.54, 1.807) is 36.2 Å². The largest absolute Gasteiger partial charge is 0.454 e. The Balaban J connectivity index is 1.51. The third kappa shape index (κ3) is 4.31. The quantitative estimate of drug-likeness (QED) is 0.638. The molecular formula is C24H24FN5O3. The van der Waals surface area contributed by atoms with Crippen molar-refractivity contribution in [1.29, 1.82) is 0 Å². The lowest BCUT2D eigenvalue weighted by Gasteiger charge is -2.25. The van der Waals surface area contributed by atoms with Crippen molar-refractivity contribution in [3.05, 3.63) is 60.0 Å². The zero-order valence-corrected chi connectivity index (χ0v) is 18.4. The SMILES string of the molecule is CN1CC[C@H](N(C)C(=O)c2cnc(-c3ccc4c(c3)OCO4)nc2Nc2cccc(F)c2)C1. The highest BCUT2D eigenvalue weighted by atomic mass is 19.1. The summed E-state index contributed by atoms with van der Waals surface area (Å²) in [7, 11) is 3.84. The van der Waals surface area contributed by atoms with Gasteiger partial charge in [-0.1, -0.05) is 6.07 Å². The third-order valence-corrected chi connectivity index (χ3v) is 5.97. The van der Waals surface area contributed by atoms with E-state index in [1.807, 2.05) is 13.1 Å². The molecule has 2 aliphatic heterocycles. The van der Waals surface area contributed by atoms with Crippen molar-refractivity contribution in [1.82, 2.24) is 19.8 Å². The number of hydrogen-bond acceptors (Lipinski definition) is 7. The van der Waals surface area contributed by atoms with Crippen LogP contribution >= 0.6 is 0 Å². The molecule has 1 N–H and O–H groups in total. The molecule has 33 heavy (non-hydrogen) atoms. The number of aromatic nitrogens is 2. The minimum Gasteiger partial charge on any atom is -0.454 e. The molecule has 1 fully saturated rings. The number of hydrogen-bond donors (Lipinski definition) is 1. The van der Waals surface area contributed by atoms with Gasteiger partial charge in [0.05, 0.1) is 0 Å². The highest BCUT2D eigenvalue weighted by molar-refractivity contribution is 5.99. The second-order valence-electron chi connectivity index (χ2n) is 8.28. The Labute approximate surface area is 191 Å². The van der Waals surface area contributed by atoms with Gasteiger partial charge < -0.3 is 24.6 Å². The van der Waals surface area contributed by atoms with Crippen molar-refractivity contribution in [2.45, 2.75) is 12.5 Å². The molecule has 1 saturated heterocycles. The van der Waals surface area contributed by atoms with Crippen LogP contribution in [0.4, 0.5) is 15.9 Å². The summed E-state index contributed by atoms with van der Waals surface area (Å²) in [6.07, 6.45) is 2.42. The van der Waals surface area contributed by atoms with Gasteiger partial charge in [0.25, 0.3) is 5.91 Å². The molecule has 1 atom stereocenters. The molecule has 1 aromatic heterocycles. The molecule has 9 heteroatoms. The molecule has 8 nitrogen and oxygen atoms in total. The van der Waals surface area contributed by atoms with E-state index in [2.05, 4.69) is 20.2 Å². The van der Waals surface area contributed by atoms with Crippen molar-refractivity contribution in [2.75, 3.05) is 39.3 Å². The number of carbonyl (C=O) groups is 1. The number of benzene rings is 2. The molecule has 2 aromatic carbocycles. The van der Waals surface area contributed by atoms with Crippen molar-refractivity contribution in [3.63, 3.8) is 0 Å². The maximum Gasteiger partial charge on any atom is 0.259 e. The summed E-state index contributed by atoms with van der Waals surface area (Å²) in [5.41, 5.74) is 1.52. The molecule has 3 heterocycles. The number of anilines is 2. The summed E-state index contributed by atoms with van der Waals surface area (Å²) in [6.45, 7) is 1.92. The monoisotopic (exact) mass is 449 g/mol. The molecule has 0 unspecified atom stereocenters. The van der Waals surface area contributed by atoms with Crippen LogP contribution in [0.2, 0.25) is 0 Å². The van der Waals surface area contributed by atoms with Crippen molar-refractivity contribution >= 4 is 17.4 Å². The summed E-state index contributed by atoms with van der Waals surface area (Å²) in [5, 5.41) is 3.11. The second-order valence-corrected chi connectivity index (χ2v) is 8.28. The normalized spacial score (nSPS) is 17.2. The fourth-order valence-corrected chi connectivity index (χ4v) is 4.09. The summed E-state index contributed by atoms with van der Waals surface area (Å²) in [6, 6.07) is 11.6. The van der Waals surface area contributed by atoms with Crippen LogP contribution in [-0.4, -0.2) is 65.7 Å². The molecule has 3 aromatic rings. The molecule has 170 valence electrons. The highest BCUT2D eigenvalue weighted by Crippen LogP contribution is 2.35. The van der Waals surface area contributed by atoms with Crippen LogP contribution in [0.1, 0.15) is 16.8 Å². The minimum absolute atomic E-state index is 0.109. The predicted molar refractivity (Wildman–Crippen MR) is 121 cm³/mol. The standard InChI is InChI=1S/C24H24FN5O3/c1-29-9-8-18(13-29)30(2)24(31)19-12-26-22(15-6-7-20-21(10-15)33-14-32-20)28-23(19)27-17-5-3-4-16(25)11-17/h3-7,10-12,18H,8-9,13-14H2,1-2H3,(H,26,27,28)/t18-/m0/s1. The Bertz CT molecular complexity index is 1200. The van der Waals surface area contributed by atoms with Crippen LogP contribution in [0, 0.1) is 5.82 Å². The van der Waals surface area contributed by atoms with Gasteiger partial charge in [-0.15, -0.1) is 0 Å². The van der Waals surface area contributed by atoms with Gasteiger partial charge in [0.2, 0.25) is 6.79 Å². The maximum absolute atomic E-state index is 13.8. The van der Waals surface area contributed by atoms with Gasteiger partial charge in [0.1, 0.15) is 17.2 Å². The number of rotatable bonds is 5. The van der Waals surface area contributed by atoms with Crippen LogP contribution < -0.4 is 14.8 Å². The number of fused-ring (bicyclic) bond motifs is 1. The summed E-state index contributed by atoms with van der Waals surface area (Å²) >= 11 is 0. The topological polar surface area (TPSA) is 79.8 Å². The average molecular weight is 449 g/mol. The predicted octanol–water partition coefficient (Wildman–Crippen LogP) is 3.53. The van der Waals surface area contributed by atoms with Gasteiger partial charge in [-0.25, -0.2) is 14.4 Å². The highest BCUT2D eigenvalue weighted by Gasteiger charge is 2.29. The zero-order valence-electron chi connectivity index (χ0n) is 18.4. The number of halogens is 1. The Kier molecular flexibility index (Phi) is 5.55. The number of nitrogens with zero attached hydrogens (tertiary/aromatic N) is 4. The van der Waals surface area contributed by atoms with Crippen LogP contribution in [0.15, 0.2) is 48.7 Å². The lowest BCUT2D eigenvalue weighted by atomic mass is 10.1. The minimum atomic E-state index is -0.385. The number of carbonyl (C=O) groups excluding carboxylic acids is 1. The van der Waals surface area contributed by atoms with E-state index in [1.165, 1.54) is 18.3 Å². The van der Waals surface area contributed by atoms with Crippen LogP contribution in [0.5, 0.6) is 11.5 Å². The molecule has 5 rings (SSSR count). The van der Waals surface area contributed by atoms with Gasteiger partial charge in [0, 0.05) is 37.1 Å². The number of likely N-dealkylation sites (N-methyl/N-ethyl adjacent to an activating group) is 2. The van der Waals surface area contributed by atoms with Gasteiger partial charge in [0.15, 0.2) is 17.3 Å². The Morgan fingerprint density at radius 3 is 2.85 bits per heavy atom. The smallest absolute Gasteiger partial charge is 0.259 e. The molecule has 0 bridgehead atoms. The molecule has 2 aliphatic rings. The molecular weight excluding hydrogens is 425 g/mol. The summed E-state index contributed by atoms with van der Waals surface area (Å²) in [5.74, 6) is 1.42. The Morgan fingerprint density at radius 2 is 2.06 bits per heavy atom. The molecule has 0 aliphatic carbocycles. The van der Waals surface area contributed by atoms with Gasteiger partial charge in [-0.3, -0.25) is 4.79 Å². The Hall–Kier alpha value is -3.72. The fourth-order valence-electron chi connectivity index (χ4n) is 4.09. The van der Waals surface area contributed by atoms with Crippen LogP contribution in [-0.2, 0) is 0 Å². The van der Waals surface area contributed by atoms with Crippen molar-refractivity contribution in [3.8, 4) is 22.9 Å². The van der Waals surface area contributed by atoms with Crippen LogP contribution in [0.3, 0.4) is 0 Å². The summed E-state index contributed by atoms with van der Waals surface area (Å²) < 4.78 is 24.6. The lowest BCUT2D eigenvalue weighted by Crippen LogP contribution is -2.39. The first-order valence-corrected chi connectivity index (χ1v) is 10.7. The van der Waals surface area contributed by atoms with E-state index < -0.39 is 0 Å². The molecule has 0 radical (unpaired) electrons. The number of ether oxygens (including phenoxy) is 2. The van der Waals surface area contributed by atoms with E-state index in [0.29, 0.717) is 40.0 Å². The number of likely N-dealkylation sites (tertiary alicyclic amines) is 1. The molecule has 0 spiro atoms. The number of nitrogens with one attached hydrogen (secondary N) is 1. The van der Waals surface area contributed by atoms with Crippen molar-refractivity contribution in [2.24, 2.45) is 0 Å². The van der Waals surface area contributed by atoms with E-state index >= 15 is 0 Å². The molecule has 0 saturated carbocycles. The van der Waals surface area contributed by atoms with E-state index in [4.69, 9.17) is 9.47 Å². The number of amides is 1. The Morgan fingerprint density at radius 1 is 1.21 bits per heavy atom.